The summed E-state index contributed by atoms with van der Waals surface area (Å²) >= 11 is 0. The van der Waals surface area contributed by atoms with E-state index >= 15 is 0 Å². The smallest absolute Gasteiger partial charge is 0.338 e. The predicted octanol–water partition coefficient (Wildman–Crippen LogP) is 1.17. The number of aliphatic hydroxyl groups is 1. The molecular formula is C14H18O6. The molecule has 0 saturated carbocycles. The normalized spacial score (nSPS) is 10.3. The van der Waals surface area contributed by atoms with Crippen LogP contribution in [0.4, 0.5) is 0 Å². The number of ether oxygens (including phenoxy) is 2. The van der Waals surface area contributed by atoms with Gasteiger partial charge in [-0.2, -0.15) is 0 Å². The summed E-state index contributed by atoms with van der Waals surface area (Å²) in [6.07, 6.45) is 0. The molecule has 20 heavy (non-hydrogen) atoms. The minimum Gasteiger partial charge on any atom is -0.478 e. The molecule has 0 saturated heterocycles. The number of aromatic carboxylic acids is 1. The van der Waals surface area contributed by atoms with Gasteiger partial charge in [-0.1, -0.05) is 0 Å². The van der Waals surface area contributed by atoms with Gasteiger partial charge >= 0.3 is 11.9 Å². The van der Waals surface area contributed by atoms with E-state index in [1.54, 1.807) is 13.8 Å². The molecule has 0 unspecified atom stereocenters. The van der Waals surface area contributed by atoms with Crippen molar-refractivity contribution in [2.45, 2.75) is 13.8 Å². The zero-order chi connectivity index (χ0) is 15.1. The van der Waals surface area contributed by atoms with E-state index in [-0.39, 0.29) is 32.0 Å². The monoisotopic (exact) mass is 282 g/mol. The van der Waals surface area contributed by atoms with Gasteiger partial charge in [0.15, 0.2) is 0 Å². The highest BCUT2D eigenvalue weighted by molar-refractivity contribution is 5.95. The summed E-state index contributed by atoms with van der Waals surface area (Å²) in [7, 11) is 0. The van der Waals surface area contributed by atoms with E-state index < -0.39 is 11.9 Å². The zero-order valence-electron chi connectivity index (χ0n) is 11.5. The molecule has 0 aliphatic heterocycles. The molecule has 1 aromatic rings. The van der Waals surface area contributed by atoms with Gasteiger partial charge in [-0.05, 0) is 37.1 Å². The average molecular weight is 282 g/mol. The lowest BCUT2D eigenvalue weighted by molar-refractivity contribution is 0.0257. The van der Waals surface area contributed by atoms with Crippen molar-refractivity contribution in [1.82, 2.24) is 0 Å². The number of carbonyl (C=O) groups is 2. The highest BCUT2D eigenvalue weighted by Crippen LogP contribution is 2.18. The van der Waals surface area contributed by atoms with Crippen molar-refractivity contribution >= 4 is 11.9 Å². The maximum atomic E-state index is 11.9. The standard InChI is InChI=1S/C14H18O6/c1-9-10(2)12(4-3-11(9)13(16)17)14(18)20-8-7-19-6-5-15/h3-4,15H,5-8H2,1-2H3,(H,16,17). The number of carboxylic acid groups (broad SMARTS) is 1. The highest BCUT2D eigenvalue weighted by atomic mass is 16.6. The minimum atomic E-state index is -1.03. The number of aliphatic hydroxyl groups excluding tert-OH is 1. The lowest BCUT2D eigenvalue weighted by Crippen LogP contribution is -2.14. The largest absolute Gasteiger partial charge is 0.478 e. The summed E-state index contributed by atoms with van der Waals surface area (Å²) in [5, 5.41) is 17.5. The Bertz CT molecular complexity index is 495. The first-order chi connectivity index (χ1) is 9.49. The maximum Gasteiger partial charge on any atom is 0.338 e. The van der Waals surface area contributed by atoms with Crippen LogP contribution in [-0.4, -0.2) is 48.6 Å². The second kappa shape index (κ2) is 7.62. The number of hydrogen-bond acceptors (Lipinski definition) is 5. The SMILES string of the molecule is Cc1c(C(=O)O)ccc(C(=O)OCCOCCO)c1C. The van der Waals surface area contributed by atoms with Crippen LogP contribution >= 0.6 is 0 Å². The van der Waals surface area contributed by atoms with Crippen LogP contribution in [0.5, 0.6) is 0 Å². The molecule has 1 aromatic carbocycles. The molecule has 0 aliphatic rings. The Morgan fingerprint density at radius 3 is 2.25 bits per heavy atom. The van der Waals surface area contributed by atoms with Crippen LogP contribution < -0.4 is 0 Å². The Morgan fingerprint density at radius 1 is 1.05 bits per heavy atom. The fraction of sp³-hybridized carbons (Fsp3) is 0.429. The molecule has 6 heteroatoms. The Kier molecular flexibility index (Phi) is 6.14. The lowest BCUT2D eigenvalue weighted by atomic mass is 9.98. The molecular weight excluding hydrogens is 264 g/mol. The highest BCUT2D eigenvalue weighted by Gasteiger charge is 2.16. The molecule has 0 heterocycles. The van der Waals surface area contributed by atoms with Gasteiger partial charge in [0.25, 0.3) is 0 Å². The van der Waals surface area contributed by atoms with Crippen molar-refractivity contribution in [3.8, 4) is 0 Å². The number of carbonyl (C=O) groups excluding carboxylic acids is 1. The van der Waals surface area contributed by atoms with Crippen molar-refractivity contribution in [3.05, 3.63) is 34.4 Å². The molecule has 0 radical (unpaired) electrons. The first kappa shape index (κ1) is 16.1. The third-order valence-corrected chi connectivity index (χ3v) is 2.93. The molecule has 0 aromatic heterocycles. The van der Waals surface area contributed by atoms with Gasteiger partial charge in [0.2, 0.25) is 0 Å². The van der Waals surface area contributed by atoms with Gasteiger partial charge in [0.05, 0.1) is 30.9 Å². The Hall–Kier alpha value is -1.92. The summed E-state index contributed by atoms with van der Waals surface area (Å²) < 4.78 is 9.99. The molecule has 0 bridgehead atoms. The summed E-state index contributed by atoms with van der Waals surface area (Å²) in [5.74, 6) is -1.54. The number of carboxylic acids is 1. The van der Waals surface area contributed by atoms with E-state index in [0.717, 1.165) is 0 Å². The molecule has 1 rings (SSSR count). The van der Waals surface area contributed by atoms with Crippen molar-refractivity contribution in [2.24, 2.45) is 0 Å². The van der Waals surface area contributed by atoms with Gasteiger partial charge in [-0.25, -0.2) is 9.59 Å². The van der Waals surface area contributed by atoms with Crippen LogP contribution in [0.3, 0.4) is 0 Å². The van der Waals surface area contributed by atoms with E-state index in [0.29, 0.717) is 16.7 Å². The molecule has 0 aliphatic carbocycles. The van der Waals surface area contributed by atoms with Crippen molar-refractivity contribution in [3.63, 3.8) is 0 Å². The number of hydrogen-bond donors (Lipinski definition) is 2. The van der Waals surface area contributed by atoms with Crippen molar-refractivity contribution in [1.29, 1.82) is 0 Å². The van der Waals surface area contributed by atoms with Gasteiger partial charge in [0.1, 0.15) is 6.61 Å². The lowest BCUT2D eigenvalue weighted by Gasteiger charge is -2.11. The minimum absolute atomic E-state index is 0.0805. The molecule has 0 spiro atoms. The number of esters is 1. The van der Waals surface area contributed by atoms with Gasteiger partial charge < -0.3 is 19.7 Å². The summed E-state index contributed by atoms with van der Waals surface area (Å²) in [5.41, 5.74) is 1.65. The molecule has 0 fully saturated rings. The van der Waals surface area contributed by atoms with E-state index in [4.69, 9.17) is 19.7 Å². The third kappa shape index (κ3) is 4.04. The van der Waals surface area contributed by atoms with E-state index in [1.165, 1.54) is 12.1 Å². The van der Waals surface area contributed by atoms with Crippen LogP contribution in [-0.2, 0) is 9.47 Å². The first-order valence-corrected chi connectivity index (χ1v) is 6.18. The molecule has 110 valence electrons. The van der Waals surface area contributed by atoms with Gasteiger partial charge in [-0.3, -0.25) is 0 Å². The second-order valence-corrected chi connectivity index (χ2v) is 4.19. The van der Waals surface area contributed by atoms with Gasteiger partial charge in [0, 0.05) is 0 Å². The predicted molar refractivity (Wildman–Crippen MR) is 71.1 cm³/mol. The van der Waals surface area contributed by atoms with Crippen LogP contribution in [0.2, 0.25) is 0 Å². The van der Waals surface area contributed by atoms with Crippen LogP contribution in [0.25, 0.3) is 0 Å². The van der Waals surface area contributed by atoms with Crippen LogP contribution in [0.1, 0.15) is 31.8 Å². The first-order valence-electron chi connectivity index (χ1n) is 6.18. The summed E-state index contributed by atoms with van der Waals surface area (Å²) in [6, 6.07) is 2.84. The second-order valence-electron chi connectivity index (χ2n) is 4.19. The van der Waals surface area contributed by atoms with Crippen LogP contribution in [0, 0.1) is 13.8 Å². The van der Waals surface area contributed by atoms with Gasteiger partial charge in [-0.15, -0.1) is 0 Å². The zero-order valence-corrected chi connectivity index (χ0v) is 11.5. The molecule has 6 nitrogen and oxygen atoms in total. The average Bonchev–Trinajstić information content (AvgIpc) is 2.40. The Labute approximate surface area is 116 Å². The van der Waals surface area contributed by atoms with E-state index in [1.807, 2.05) is 0 Å². The van der Waals surface area contributed by atoms with Crippen molar-refractivity contribution < 1.29 is 29.3 Å². The topological polar surface area (TPSA) is 93.1 Å². The molecule has 2 N–H and O–H groups in total. The number of benzene rings is 1. The Balaban J connectivity index is 2.70. The summed E-state index contributed by atoms with van der Waals surface area (Å²) in [4.78, 5) is 22.8. The van der Waals surface area contributed by atoms with Crippen molar-refractivity contribution in [2.75, 3.05) is 26.4 Å². The third-order valence-electron chi connectivity index (χ3n) is 2.93. The fourth-order valence-electron chi connectivity index (χ4n) is 1.71. The number of rotatable bonds is 7. The van der Waals surface area contributed by atoms with E-state index in [9.17, 15) is 9.59 Å². The molecule has 0 atom stereocenters. The maximum absolute atomic E-state index is 11.9. The Morgan fingerprint density at radius 2 is 1.65 bits per heavy atom. The fourth-order valence-corrected chi connectivity index (χ4v) is 1.71. The summed E-state index contributed by atoms with van der Waals surface area (Å²) in [6.45, 7) is 3.74. The molecule has 0 amide bonds. The quantitative estimate of drug-likeness (QED) is 0.576. The van der Waals surface area contributed by atoms with Crippen LogP contribution in [0.15, 0.2) is 12.1 Å². The van der Waals surface area contributed by atoms with E-state index in [2.05, 4.69) is 0 Å².